The molecule has 1 aliphatic carbocycles. The second-order valence-corrected chi connectivity index (χ2v) is 6.30. The summed E-state index contributed by atoms with van der Waals surface area (Å²) in [6, 6.07) is 14.1. The summed E-state index contributed by atoms with van der Waals surface area (Å²) in [5, 5.41) is 8.80. The van der Waals surface area contributed by atoms with Crippen LogP contribution in [0.15, 0.2) is 52.7 Å². The van der Waals surface area contributed by atoms with E-state index in [4.69, 9.17) is 35.9 Å². The third-order valence-electron chi connectivity index (χ3n) is 3.78. The van der Waals surface area contributed by atoms with Gasteiger partial charge in [-0.15, -0.1) is 0 Å². The monoisotopic (exact) mass is 368 g/mol. The number of hydrazone groups is 2. The average Bonchev–Trinajstić information content (AvgIpc) is 2.91. The number of nitrogens with zero attached hydrogens (tertiary/aromatic N) is 2. The Labute approximate surface area is 156 Å². The number of nitrogens with one attached hydrogen (secondary N) is 2. The Morgan fingerprint density at radius 2 is 1.52 bits per heavy atom. The normalized spacial score (nSPS) is 14.0. The van der Waals surface area contributed by atoms with E-state index >= 15 is 0 Å². The fraction of sp³-hybridized carbons (Fsp3) is 0.0588. The first kappa shape index (κ1) is 17.0. The van der Waals surface area contributed by atoms with Crippen LogP contribution in [0.1, 0.15) is 23.6 Å². The molecule has 0 saturated heterocycles. The first-order chi connectivity index (χ1) is 12.0. The maximum absolute atomic E-state index is 5.52. The lowest BCUT2D eigenvalue weighted by atomic mass is 10.0. The van der Waals surface area contributed by atoms with Crippen LogP contribution < -0.4 is 22.3 Å². The maximum atomic E-state index is 5.52. The molecule has 3 rings (SSSR count). The number of hydrogen-bond acceptors (Lipinski definition) is 4. The van der Waals surface area contributed by atoms with Gasteiger partial charge in [0.1, 0.15) is 0 Å². The highest BCUT2D eigenvalue weighted by molar-refractivity contribution is 7.80. The largest absolute Gasteiger partial charge is 0.375 e. The molecule has 0 radical (unpaired) electrons. The Morgan fingerprint density at radius 3 is 2.20 bits per heavy atom. The molecule has 0 spiro atoms. The van der Waals surface area contributed by atoms with Crippen molar-refractivity contribution in [1.29, 1.82) is 0 Å². The van der Waals surface area contributed by atoms with E-state index in [9.17, 15) is 0 Å². The van der Waals surface area contributed by atoms with E-state index in [-0.39, 0.29) is 10.2 Å². The molecule has 6 nitrogen and oxygen atoms in total. The van der Waals surface area contributed by atoms with Crippen molar-refractivity contribution in [2.75, 3.05) is 0 Å². The van der Waals surface area contributed by atoms with Crippen molar-refractivity contribution < 1.29 is 0 Å². The van der Waals surface area contributed by atoms with E-state index < -0.39 is 0 Å². The molecular weight excluding hydrogens is 352 g/mol. The first-order valence-corrected chi connectivity index (χ1v) is 8.26. The number of hydrogen-bond donors (Lipinski definition) is 4. The first-order valence-electron chi connectivity index (χ1n) is 7.45. The summed E-state index contributed by atoms with van der Waals surface area (Å²) in [6.45, 7) is 1.87. The molecule has 0 saturated carbocycles. The van der Waals surface area contributed by atoms with Gasteiger partial charge in [-0.2, -0.15) is 10.2 Å². The van der Waals surface area contributed by atoms with Crippen molar-refractivity contribution in [2.45, 2.75) is 6.92 Å². The van der Waals surface area contributed by atoms with Crippen molar-refractivity contribution in [3.8, 4) is 11.1 Å². The number of nitrogens with two attached hydrogens (primary N) is 2. The molecule has 0 fully saturated rings. The minimum Gasteiger partial charge on any atom is -0.375 e. The van der Waals surface area contributed by atoms with E-state index in [0.717, 1.165) is 39.2 Å². The molecule has 0 aliphatic heterocycles. The van der Waals surface area contributed by atoms with Crippen LogP contribution in [0.5, 0.6) is 0 Å². The van der Waals surface area contributed by atoms with Crippen LogP contribution in [-0.2, 0) is 0 Å². The van der Waals surface area contributed by atoms with Gasteiger partial charge in [0.15, 0.2) is 10.2 Å². The highest BCUT2D eigenvalue weighted by atomic mass is 32.1. The minimum atomic E-state index is 0.119. The van der Waals surface area contributed by atoms with Crippen LogP contribution in [0.3, 0.4) is 0 Å². The Bertz CT molecular complexity index is 932. The smallest absolute Gasteiger partial charge is 0.184 e. The van der Waals surface area contributed by atoms with Crippen LogP contribution in [-0.4, -0.2) is 21.6 Å². The lowest BCUT2D eigenvalue weighted by Crippen LogP contribution is -2.25. The molecular formula is C17H16N6S2. The zero-order valence-corrected chi connectivity index (χ0v) is 15.0. The summed E-state index contributed by atoms with van der Waals surface area (Å²) in [7, 11) is 0. The minimum absolute atomic E-state index is 0.119. The van der Waals surface area contributed by atoms with Crippen molar-refractivity contribution in [2.24, 2.45) is 21.7 Å². The van der Waals surface area contributed by atoms with Crippen LogP contribution in [0.2, 0.25) is 0 Å². The molecule has 0 amide bonds. The molecule has 0 aromatic heterocycles. The summed E-state index contributed by atoms with van der Waals surface area (Å²) in [5.74, 6) is 0. The standard InChI is InChI=1S/C17H16N6S2/c1-9(20-22-16(18)24)10-6-7-12-11-4-2-3-5-13(11)15(14(12)8-10)21-23-17(19)25/h2-8H,1H3,(H3,18,22,24)(H3,19,23,25)/b20-9-,21-15-. The number of fused-ring (bicyclic) bond motifs is 3. The van der Waals surface area contributed by atoms with E-state index in [0.29, 0.717) is 0 Å². The van der Waals surface area contributed by atoms with Gasteiger partial charge in [0.2, 0.25) is 0 Å². The Hall–Kier alpha value is -2.84. The zero-order chi connectivity index (χ0) is 18.0. The van der Waals surface area contributed by atoms with Gasteiger partial charge in [0.05, 0.1) is 11.4 Å². The van der Waals surface area contributed by atoms with E-state index in [2.05, 4.69) is 27.1 Å². The van der Waals surface area contributed by atoms with Gasteiger partial charge in [-0.25, -0.2) is 0 Å². The molecule has 0 heterocycles. The van der Waals surface area contributed by atoms with Crippen molar-refractivity contribution >= 4 is 46.1 Å². The molecule has 1 aliphatic rings. The van der Waals surface area contributed by atoms with Gasteiger partial charge in [-0.1, -0.05) is 36.4 Å². The molecule has 0 bridgehead atoms. The Morgan fingerprint density at radius 1 is 0.880 bits per heavy atom. The van der Waals surface area contributed by atoms with Gasteiger partial charge < -0.3 is 11.5 Å². The number of benzene rings is 2. The molecule has 8 heteroatoms. The van der Waals surface area contributed by atoms with Gasteiger partial charge in [-0.3, -0.25) is 10.9 Å². The molecule has 6 N–H and O–H groups in total. The summed E-state index contributed by atoms with van der Waals surface area (Å²) in [6.07, 6.45) is 0. The number of rotatable bonds is 3. The van der Waals surface area contributed by atoms with Crippen molar-refractivity contribution in [1.82, 2.24) is 10.9 Å². The van der Waals surface area contributed by atoms with Crippen LogP contribution in [0, 0.1) is 0 Å². The SMILES string of the molecule is C/C(=N/NC(N)=S)c1ccc2c(c1)/C(=N\NC(N)=S)c1ccccc1-2. The molecule has 0 atom stereocenters. The molecule has 2 aromatic carbocycles. The van der Waals surface area contributed by atoms with Crippen LogP contribution >= 0.6 is 24.4 Å². The van der Waals surface area contributed by atoms with E-state index in [1.54, 1.807) is 0 Å². The molecule has 0 unspecified atom stereocenters. The van der Waals surface area contributed by atoms with Crippen LogP contribution in [0.4, 0.5) is 0 Å². The number of thiocarbonyl (C=S) groups is 2. The summed E-state index contributed by atoms with van der Waals surface area (Å²) in [4.78, 5) is 0. The summed E-state index contributed by atoms with van der Waals surface area (Å²) in [5.41, 5.74) is 22.9. The summed E-state index contributed by atoms with van der Waals surface area (Å²) < 4.78 is 0. The topological polar surface area (TPSA) is 101 Å². The quantitative estimate of drug-likeness (QED) is 0.320. The molecule has 25 heavy (non-hydrogen) atoms. The van der Waals surface area contributed by atoms with Gasteiger partial charge in [0, 0.05) is 11.1 Å². The zero-order valence-electron chi connectivity index (χ0n) is 13.4. The Balaban J connectivity index is 2.09. The van der Waals surface area contributed by atoms with Gasteiger partial charge >= 0.3 is 0 Å². The maximum Gasteiger partial charge on any atom is 0.184 e. The molecule has 2 aromatic rings. The van der Waals surface area contributed by atoms with Crippen molar-refractivity contribution in [3.63, 3.8) is 0 Å². The fourth-order valence-corrected chi connectivity index (χ4v) is 2.80. The lowest BCUT2D eigenvalue weighted by molar-refractivity contribution is 1.03. The fourth-order valence-electron chi connectivity index (χ4n) is 2.70. The van der Waals surface area contributed by atoms with Gasteiger partial charge in [-0.05, 0) is 54.1 Å². The predicted octanol–water partition coefficient (Wildman–Crippen LogP) is 1.81. The van der Waals surface area contributed by atoms with Crippen molar-refractivity contribution in [3.05, 3.63) is 59.2 Å². The third-order valence-corrected chi connectivity index (χ3v) is 3.96. The van der Waals surface area contributed by atoms with E-state index in [1.165, 1.54) is 0 Å². The van der Waals surface area contributed by atoms with E-state index in [1.807, 2.05) is 43.3 Å². The molecule has 126 valence electrons. The Kier molecular flexibility index (Phi) is 4.73. The van der Waals surface area contributed by atoms with Crippen LogP contribution in [0.25, 0.3) is 11.1 Å². The predicted molar refractivity (Wildman–Crippen MR) is 110 cm³/mol. The summed E-state index contributed by atoms with van der Waals surface area (Å²) >= 11 is 9.64. The lowest BCUT2D eigenvalue weighted by Gasteiger charge is -2.07. The highest BCUT2D eigenvalue weighted by Crippen LogP contribution is 2.37. The van der Waals surface area contributed by atoms with Gasteiger partial charge in [0.25, 0.3) is 0 Å². The highest BCUT2D eigenvalue weighted by Gasteiger charge is 2.25. The average molecular weight is 368 g/mol. The second-order valence-electron chi connectivity index (χ2n) is 5.42. The second kappa shape index (κ2) is 6.96. The third kappa shape index (κ3) is 3.49.